The third-order valence-corrected chi connectivity index (χ3v) is 2.45. The topological polar surface area (TPSA) is 92.8 Å². The molecule has 1 aromatic rings. The zero-order valence-corrected chi connectivity index (χ0v) is 10.6. The molecule has 5 heteroatoms. The smallest absolute Gasteiger partial charge is 0.303 e. The molecule has 100 valence electrons. The van der Waals surface area contributed by atoms with Crippen molar-refractivity contribution in [2.75, 3.05) is 0 Å². The Labute approximate surface area is 106 Å². The summed E-state index contributed by atoms with van der Waals surface area (Å²) >= 11 is 0. The molecule has 1 atom stereocenters. The monoisotopic (exact) mass is 253 g/mol. The highest BCUT2D eigenvalue weighted by molar-refractivity contribution is 5.66. The number of carbonyl (C=O) groups is 1. The molecule has 0 saturated heterocycles. The van der Waals surface area contributed by atoms with Gasteiger partial charge in [-0.05, 0) is 32.4 Å². The largest absolute Gasteiger partial charge is 0.507 e. The summed E-state index contributed by atoms with van der Waals surface area (Å²) in [5.74, 6) is -0.374. The van der Waals surface area contributed by atoms with E-state index in [9.17, 15) is 9.90 Å². The number of phenolic OH excluding ortho intramolecular Hbond substituents is 1. The molecular formula is C13H19NO4. The van der Waals surface area contributed by atoms with Crippen LogP contribution in [-0.2, 0) is 4.79 Å². The van der Waals surface area contributed by atoms with Crippen molar-refractivity contribution in [3.05, 3.63) is 23.8 Å². The minimum absolute atomic E-state index is 0.0334. The average Bonchev–Trinajstić information content (AvgIpc) is 2.25. The van der Waals surface area contributed by atoms with Crippen molar-refractivity contribution in [3.63, 3.8) is 0 Å². The second-order valence-corrected chi connectivity index (χ2v) is 4.39. The molecule has 0 fully saturated rings. The van der Waals surface area contributed by atoms with E-state index in [4.69, 9.17) is 15.6 Å². The molecule has 0 aliphatic carbocycles. The van der Waals surface area contributed by atoms with E-state index in [1.54, 1.807) is 12.1 Å². The molecule has 5 nitrogen and oxygen atoms in total. The summed E-state index contributed by atoms with van der Waals surface area (Å²) in [6, 6.07) is 4.34. The molecule has 0 radical (unpaired) electrons. The maximum absolute atomic E-state index is 10.5. The number of nitrogens with two attached hydrogens (primary N) is 1. The van der Waals surface area contributed by atoms with Gasteiger partial charge < -0.3 is 20.7 Å². The van der Waals surface area contributed by atoms with Gasteiger partial charge >= 0.3 is 5.97 Å². The number of rotatable bonds is 6. The fraction of sp³-hybridized carbons (Fsp3) is 0.462. The summed E-state index contributed by atoms with van der Waals surface area (Å²) in [4.78, 5) is 10.5. The first-order valence-electron chi connectivity index (χ1n) is 5.87. The van der Waals surface area contributed by atoms with E-state index in [1.165, 1.54) is 6.07 Å². The lowest BCUT2D eigenvalue weighted by molar-refractivity contribution is -0.137. The van der Waals surface area contributed by atoms with Crippen LogP contribution in [0, 0.1) is 0 Å². The summed E-state index contributed by atoms with van der Waals surface area (Å²) < 4.78 is 5.57. The van der Waals surface area contributed by atoms with Gasteiger partial charge in [-0.15, -0.1) is 0 Å². The molecule has 1 aromatic carbocycles. The molecule has 0 amide bonds. The molecule has 0 heterocycles. The van der Waals surface area contributed by atoms with Crippen LogP contribution in [0.3, 0.4) is 0 Å². The lowest BCUT2D eigenvalue weighted by Crippen LogP contribution is -2.16. The zero-order valence-electron chi connectivity index (χ0n) is 10.6. The maximum atomic E-state index is 10.5. The quantitative estimate of drug-likeness (QED) is 0.721. The Balaban J connectivity index is 2.93. The molecule has 0 saturated carbocycles. The van der Waals surface area contributed by atoms with Crippen molar-refractivity contribution in [1.82, 2.24) is 0 Å². The first kappa shape index (κ1) is 14.3. The Kier molecular flexibility index (Phi) is 4.97. The van der Waals surface area contributed by atoms with E-state index >= 15 is 0 Å². The summed E-state index contributed by atoms with van der Waals surface area (Å²) in [5.41, 5.74) is 6.38. The Hall–Kier alpha value is -1.75. The second-order valence-electron chi connectivity index (χ2n) is 4.39. The van der Waals surface area contributed by atoms with Crippen LogP contribution < -0.4 is 10.5 Å². The second kappa shape index (κ2) is 6.26. The maximum Gasteiger partial charge on any atom is 0.303 e. The van der Waals surface area contributed by atoms with Crippen LogP contribution in [0.2, 0.25) is 0 Å². The van der Waals surface area contributed by atoms with Gasteiger partial charge in [0.25, 0.3) is 0 Å². The fourth-order valence-electron chi connectivity index (χ4n) is 1.69. The van der Waals surface area contributed by atoms with E-state index in [2.05, 4.69) is 0 Å². The number of carboxylic acids is 1. The average molecular weight is 253 g/mol. The van der Waals surface area contributed by atoms with Crippen molar-refractivity contribution in [2.24, 2.45) is 5.73 Å². The van der Waals surface area contributed by atoms with Crippen LogP contribution in [0.5, 0.6) is 11.5 Å². The Morgan fingerprint density at radius 2 is 2.11 bits per heavy atom. The van der Waals surface area contributed by atoms with E-state index in [0.717, 1.165) is 0 Å². The van der Waals surface area contributed by atoms with E-state index in [-0.39, 0.29) is 24.7 Å². The lowest BCUT2D eigenvalue weighted by atomic mass is 10.0. The predicted octanol–water partition coefficient (Wildman–Crippen LogP) is 2.04. The SMILES string of the molecule is CC(C)Oc1cccc(O)c1C(N)CCC(=O)O. The van der Waals surface area contributed by atoms with Gasteiger partial charge in [0.2, 0.25) is 0 Å². The van der Waals surface area contributed by atoms with Gasteiger partial charge in [-0.2, -0.15) is 0 Å². The molecule has 0 aliphatic heterocycles. The van der Waals surface area contributed by atoms with Crippen LogP contribution in [0.4, 0.5) is 0 Å². The minimum Gasteiger partial charge on any atom is -0.507 e. The van der Waals surface area contributed by atoms with Gasteiger partial charge in [-0.25, -0.2) is 0 Å². The first-order chi connectivity index (χ1) is 8.41. The highest BCUT2D eigenvalue weighted by Crippen LogP contribution is 2.34. The molecular weight excluding hydrogens is 234 g/mol. The molecule has 1 rings (SSSR count). The third-order valence-electron chi connectivity index (χ3n) is 2.45. The molecule has 0 aliphatic rings. The van der Waals surface area contributed by atoms with Crippen LogP contribution in [-0.4, -0.2) is 22.3 Å². The standard InChI is InChI=1S/C13H19NO4/c1-8(2)18-11-5-3-4-10(15)13(11)9(14)6-7-12(16)17/h3-5,8-9,15H,6-7,14H2,1-2H3,(H,16,17). The van der Waals surface area contributed by atoms with Crippen molar-refractivity contribution in [1.29, 1.82) is 0 Å². The summed E-state index contributed by atoms with van der Waals surface area (Å²) in [6.45, 7) is 3.74. The van der Waals surface area contributed by atoms with Gasteiger partial charge in [-0.3, -0.25) is 4.79 Å². The summed E-state index contributed by atoms with van der Waals surface area (Å²) in [7, 11) is 0. The highest BCUT2D eigenvalue weighted by Gasteiger charge is 2.18. The molecule has 0 bridgehead atoms. The van der Waals surface area contributed by atoms with Crippen LogP contribution in [0.15, 0.2) is 18.2 Å². The number of phenols is 1. The van der Waals surface area contributed by atoms with E-state index in [0.29, 0.717) is 11.3 Å². The van der Waals surface area contributed by atoms with Gasteiger partial charge in [0.05, 0.1) is 11.7 Å². The Bertz CT molecular complexity index is 417. The van der Waals surface area contributed by atoms with Crippen molar-refractivity contribution in [3.8, 4) is 11.5 Å². The summed E-state index contributed by atoms with van der Waals surface area (Å²) in [6.07, 6.45) is 0.162. The molecule has 0 spiro atoms. The lowest BCUT2D eigenvalue weighted by Gasteiger charge is -2.19. The van der Waals surface area contributed by atoms with Crippen LogP contribution >= 0.6 is 0 Å². The normalized spacial score (nSPS) is 12.4. The Morgan fingerprint density at radius 1 is 1.44 bits per heavy atom. The fourth-order valence-corrected chi connectivity index (χ4v) is 1.69. The zero-order chi connectivity index (χ0) is 13.7. The molecule has 0 aromatic heterocycles. The van der Waals surface area contributed by atoms with Gasteiger partial charge in [0, 0.05) is 12.5 Å². The van der Waals surface area contributed by atoms with E-state index < -0.39 is 12.0 Å². The summed E-state index contributed by atoms with van der Waals surface area (Å²) in [5, 5.41) is 18.5. The number of ether oxygens (including phenoxy) is 1. The number of hydrogen-bond acceptors (Lipinski definition) is 4. The molecule has 4 N–H and O–H groups in total. The van der Waals surface area contributed by atoms with Crippen molar-refractivity contribution >= 4 is 5.97 Å². The van der Waals surface area contributed by atoms with Crippen molar-refractivity contribution in [2.45, 2.75) is 38.8 Å². The van der Waals surface area contributed by atoms with Crippen LogP contribution in [0.1, 0.15) is 38.3 Å². The molecule has 18 heavy (non-hydrogen) atoms. The number of benzene rings is 1. The minimum atomic E-state index is -0.910. The third kappa shape index (κ3) is 3.92. The highest BCUT2D eigenvalue weighted by atomic mass is 16.5. The first-order valence-corrected chi connectivity index (χ1v) is 5.87. The molecule has 1 unspecified atom stereocenters. The van der Waals surface area contributed by atoms with Gasteiger partial charge in [0.1, 0.15) is 11.5 Å². The van der Waals surface area contributed by atoms with E-state index in [1.807, 2.05) is 13.8 Å². The Morgan fingerprint density at radius 3 is 2.67 bits per heavy atom. The van der Waals surface area contributed by atoms with Crippen LogP contribution in [0.25, 0.3) is 0 Å². The number of aliphatic carboxylic acids is 1. The van der Waals surface area contributed by atoms with Gasteiger partial charge in [0.15, 0.2) is 0 Å². The van der Waals surface area contributed by atoms with Crippen molar-refractivity contribution < 1.29 is 19.7 Å². The van der Waals surface area contributed by atoms with Gasteiger partial charge in [-0.1, -0.05) is 6.07 Å². The number of hydrogen-bond donors (Lipinski definition) is 3. The predicted molar refractivity (Wildman–Crippen MR) is 67.7 cm³/mol. The number of aromatic hydroxyl groups is 1. The number of carboxylic acid groups (broad SMARTS) is 1.